The van der Waals surface area contributed by atoms with E-state index in [4.69, 9.17) is 0 Å². The molecule has 5 nitrogen and oxygen atoms in total. The predicted octanol–water partition coefficient (Wildman–Crippen LogP) is 1.97. The van der Waals surface area contributed by atoms with Crippen LogP contribution in [0.2, 0.25) is 0 Å². The summed E-state index contributed by atoms with van der Waals surface area (Å²) in [6.07, 6.45) is -0.624. The predicted molar refractivity (Wildman–Crippen MR) is 92.5 cm³/mol. The normalized spacial score (nSPS) is 11.6. The molecule has 6 heteroatoms. The Bertz CT molecular complexity index is 749. The van der Waals surface area contributed by atoms with Crippen LogP contribution in [0.4, 0.5) is 4.39 Å². The first-order chi connectivity index (χ1) is 12.0. The molecule has 0 saturated carbocycles. The zero-order chi connectivity index (χ0) is 18.2. The molecule has 0 spiro atoms. The summed E-state index contributed by atoms with van der Waals surface area (Å²) in [5.74, 6) is -0.934. The van der Waals surface area contributed by atoms with Crippen molar-refractivity contribution < 1.29 is 19.1 Å². The Labute approximate surface area is 145 Å². The van der Waals surface area contributed by atoms with Crippen molar-refractivity contribution in [1.82, 2.24) is 10.6 Å². The van der Waals surface area contributed by atoms with Crippen LogP contribution < -0.4 is 10.6 Å². The zero-order valence-electron chi connectivity index (χ0n) is 14.0. The molecule has 0 aliphatic rings. The van der Waals surface area contributed by atoms with Crippen molar-refractivity contribution in [1.29, 1.82) is 0 Å². The SMILES string of the molecule is CNC(=O)c1cccc(CCNC(=O)CC(O)c2cccc(F)c2)c1. The molecule has 2 rings (SSSR count). The van der Waals surface area contributed by atoms with Gasteiger partial charge < -0.3 is 15.7 Å². The Morgan fingerprint density at radius 3 is 2.64 bits per heavy atom. The van der Waals surface area contributed by atoms with E-state index in [9.17, 15) is 19.1 Å². The van der Waals surface area contributed by atoms with Crippen LogP contribution >= 0.6 is 0 Å². The molecule has 0 aromatic heterocycles. The van der Waals surface area contributed by atoms with E-state index >= 15 is 0 Å². The van der Waals surface area contributed by atoms with Crippen LogP contribution in [0, 0.1) is 5.82 Å². The number of hydrogen-bond donors (Lipinski definition) is 3. The van der Waals surface area contributed by atoms with Gasteiger partial charge >= 0.3 is 0 Å². The van der Waals surface area contributed by atoms with Crippen molar-refractivity contribution in [3.05, 3.63) is 71.0 Å². The molecular weight excluding hydrogens is 323 g/mol. The molecule has 1 unspecified atom stereocenters. The molecule has 3 N–H and O–H groups in total. The van der Waals surface area contributed by atoms with Gasteiger partial charge in [0.15, 0.2) is 0 Å². The van der Waals surface area contributed by atoms with Gasteiger partial charge in [-0.15, -0.1) is 0 Å². The van der Waals surface area contributed by atoms with Crippen LogP contribution in [0.1, 0.15) is 34.0 Å². The summed E-state index contributed by atoms with van der Waals surface area (Å²) < 4.78 is 13.1. The summed E-state index contributed by atoms with van der Waals surface area (Å²) in [5, 5.41) is 15.3. The van der Waals surface area contributed by atoms with Gasteiger partial charge in [0.2, 0.25) is 5.91 Å². The fourth-order valence-corrected chi connectivity index (χ4v) is 2.44. The number of aliphatic hydroxyl groups is 1. The maximum Gasteiger partial charge on any atom is 0.251 e. The van der Waals surface area contributed by atoms with Gasteiger partial charge in [-0.3, -0.25) is 9.59 Å². The second kappa shape index (κ2) is 8.94. The monoisotopic (exact) mass is 344 g/mol. The van der Waals surface area contributed by atoms with E-state index in [1.807, 2.05) is 6.07 Å². The van der Waals surface area contributed by atoms with Gasteiger partial charge in [0.25, 0.3) is 5.91 Å². The maximum absolute atomic E-state index is 13.1. The second-order valence-corrected chi connectivity index (χ2v) is 5.65. The largest absolute Gasteiger partial charge is 0.388 e. The molecule has 0 radical (unpaired) electrons. The Balaban J connectivity index is 1.81. The molecule has 0 saturated heterocycles. The Morgan fingerprint density at radius 2 is 1.92 bits per heavy atom. The van der Waals surface area contributed by atoms with E-state index in [2.05, 4.69) is 10.6 Å². The highest BCUT2D eigenvalue weighted by molar-refractivity contribution is 5.94. The molecule has 2 aromatic rings. The van der Waals surface area contributed by atoms with Crippen molar-refractivity contribution in [3.8, 4) is 0 Å². The van der Waals surface area contributed by atoms with E-state index in [-0.39, 0.29) is 18.2 Å². The average molecular weight is 344 g/mol. The first kappa shape index (κ1) is 18.6. The Hall–Kier alpha value is -2.73. The Morgan fingerprint density at radius 1 is 1.16 bits per heavy atom. The molecule has 25 heavy (non-hydrogen) atoms. The number of aliphatic hydroxyl groups excluding tert-OH is 1. The lowest BCUT2D eigenvalue weighted by Gasteiger charge is -2.11. The van der Waals surface area contributed by atoms with Gasteiger partial charge in [-0.1, -0.05) is 24.3 Å². The molecular formula is C19H21FN2O3. The fourth-order valence-electron chi connectivity index (χ4n) is 2.44. The van der Waals surface area contributed by atoms with Gasteiger partial charge in [0.1, 0.15) is 5.82 Å². The molecule has 0 aliphatic heterocycles. The molecule has 2 amide bonds. The highest BCUT2D eigenvalue weighted by Crippen LogP contribution is 2.17. The van der Waals surface area contributed by atoms with E-state index in [0.717, 1.165) is 5.56 Å². The molecule has 132 valence electrons. The Kier molecular flexibility index (Phi) is 6.65. The van der Waals surface area contributed by atoms with Crippen molar-refractivity contribution in [2.45, 2.75) is 18.9 Å². The highest BCUT2D eigenvalue weighted by Gasteiger charge is 2.13. The van der Waals surface area contributed by atoms with Crippen molar-refractivity contribution in [2.75, 3.05) is 13.6 Å². The molecule has 0 bridgehead atoms. The third kappa shape index (κ3) is 5.69. The summed E-state index contributed by atoms with van der Waals surface area (Å²) in [6.45, 7) is 0.381. The third-order valence-electron chi connectivity index (χ3n) is 3.76. The van der Waals surface area contributed by atoms with Crippen LogP contribution in [0.5, 0.6) is 0 Å². The van der Waals surface area contributed by atoms with Gasteiger partial charge in [-0.25, -0.2) is 4.39 Å². The molecule has 1 atom stereocenters. The minimum atomic E-state index is -1.05. The summed E-state index contributed by atoms with van der Waals surface area (Å²) in [4.78, 5) is 23.5. The number of nitrogens with one attached hydrogen (secondary N) is 2. The number of carbonyl (C=O) groups is 2. The van der Waals surface area contributed by atoms with Gasteiger partial charge in [-0.05, 0) is 41.8 Å². The topological polar surface area (TPSA) is 78.4 Å². The molecule has 0 heterocycles. The number of benzene rings is 2. The summed E-state index contributed by atoms with van der Waals surface area (Å²) in [6, 6.07) is 12.7. The first-order valence-electron chi connectivity index (χ1n) is 8.01. The fraction of sp³-hybridized carbons (Fsp3) is 0.263. The lowest BCUT2D eigenvalue weighted by molar-refractivity contribution is -0.123. The first-order valence-corrected chi connectivity index (χ1v) is 8.01. The number of carbonyl (C=O) groups excluding carboxylic acids is 2. The summed E-state index contributed by atoms with van der Waals surface area (Å²) in [7, 11) is 1.57. The van der Waals surface area contributed by atoms with Crippen LogP contribution in [0.25, 0.3) is 0 Å². The number of rotatable bonds is 7. The van der Waals surface area contributed by atoms with Crippen molar-refractivity contribution in [2.24, 2.45) is 0 Å². The lowest BCUT2D eigenvalue weighted by Crippen LogP contribution is -2.27. The molecule has 0 aliphatic carbocycles. The molecule has 2 aromatic carbocycles. The maximum atomic E-state index is 13.1. The zero-order valence-corrected chi connectivity index (χ0v) is 14.0. The van der Waals surface area contributed by atoms with Crippen molar-refractivity contribution >= 4 is 11.8 Å². The summed E-state index contributed by atoms with van der Waals surface area (Å²) >= 11 is 0. The van der Waals surface area contributed by atoms with E-state index in [0.29, 0.717) is 24.1 Å². The van der Waals surface area contributed by atoms with E-state index < -0.39 is 11.9 Å². The number of hydrogen-bond acceptors (Lipinski definition) is 3. The van der Waals surface area contributed by atoms with E-state index in [1.165, 1.54) is 18.2 Å². The minimum Gasteiger partial charge on any atom is -0.388 e. The van der Waals surface area contributed by atoms with Gasteiger partial charge in [0, 0.05) is 19.2 Å². The van der Waals surface area contributed by atoms with Gasteiger partial charge in [0.05, 0.1) is 12.5 Å². The average Bonchev–Trinajstić information content (AvgIpc) is 2.61. The van der Waals surface area contributed by atoms with Crippen LogP contribution in [-0.4, -0.2) is 30.5 Å². The smallest absolute Gasteiger partial charge is 0.251 e. The van der Waals surface area contributed by atoms with Crippen LogP contribution in [0.15, 0.2) is 48.5 Å². The summed E-state index contributed by atoms with van der Waals surface area (Å²) in [5.41, 5.74) is 1.85. The highest BCUT2D eigenvalue weighted by atomic mass is 19.1. The van der Waals surface area contributed by atoms with Gasteiger partial charge in [-0.2, -0.15) is 0 Å². The van der Waals surface area contributed by atoms with Crippen molar-refractivity contribution in [3.63, 3.8) is 0 Å². The number of amides is 2. The standard InChI is InChI=1S/C19H21FN2O3/c1-21-19(25)15-6-2-4-13(10-15)8-9-22-18(24)12-17(23)14-5-3-7-16(20)11-14/h2-7,10-11,17,23H,8-9,12H2,1H3,(H,21,25)(H,22,24). The van der Waals surface area contributed by atoms with E-state index in [1.54, 1.807) is 31.3 Å². The quantitative estimate of drug-likeness (QED) is 0.718. The molecule has 0 fully saturated rings. The van der Waals surface area contributed by atoms with Crippen LogP contribution in [0.3, 0.4) is 0 Å². The lowest BCUT2D eigenvalue weighted by atomic mass is 10.1. The minimum absolute atomic E-state index is 0.137. The number of halogens is 1. The third-order valence-corrected chi connectivity index (χ3v) is 3.76. The second-order valence-electron chi connectivity index (χ2n) is 5.65. The van der Waals surface area contributed by atoms with Crippen LogP contribution in [-0.2, 0) is 11.2 Å².